The smallest absolute Gasteiger partial charge is 0.336 e. The van der Waals surface area contributed by atoms with E-state index in [4.69, 9.17) is 9.15 Å². The van der Waals surface area contributed by atoms with Crippen LogP contribution in [0.5, 0.6) is 5.75 Å². The van der Waals surface area contributed by atoms with Crippen LogP contribution in [0.3, 0.4) is 0 Å². The van der Waals surface area contributed by atoms with Crippen LogP contribution in [0.1, 0.15) is 28.4 Å². The van der Waals surface area contributed by atoms with Gasteiger partial charge in [0.15, 0.2) is 0 Å². The summed E-state index contributed by atoms with van der Waals surface area (Å²) in [7, 11) is 0. The number of carbonyl (C=O) groups is 1. The number of ether oxygens (including phenoxy) is 1. The summed E-state index contributed by atoms with van der Waals surface area (Å²) in [5.74, 6) is 0.795. The fraction of sp³-hybridized carbons (Fsp3) is 0.259. The molecule has 2 aromatic heterocycles. The largest absolute Gasteiger partial charge is 0.484 e. The minimum Gasteiger partial charge on any atom is -0.484 e. The lowest BCUT2D eigenvalue weighted by atomic mass is 10.1. The zero-order valence-electron chi connectivity index (χ0n) is 19.0. The van der Waals surface area contributed by atoms with Crippen LogP contribution < -0.4 is 15.7 Å². The molecule has 0 fully saturated rings. The third-order valence-corrected chi connectivity index (χ3v) is 6.76. The molecule has 0 spiro atoms. The molecule has 0 radical (unpaired) electrons. The van der Waals surface area contributed by atoms with Crippen LogP contribution in [-0.2, 0) is 17.8 Å². The van der Waals surface area contributed by atoms with Crippen molar-refractivity contribution in [1.29, 1.82) is 0 Å². The molecule has 1 unspecified atom stereocenters. The summed E-state index contributed by atoms with van der Waals surface area (Å²) >= 11 is 1.66. The fourth-order valence-electron chi connectivity index (χ4n) is 4.35. The van der Waals surface area contributed by atoms with Crippen LogP contribution in [0, 0.1) is 6.92 Å². The molecular formula is C27H26N2O4S. The number of amides is 1. The molecule has 4 aromatic rings. The highest BCUT2D eigenvalue weighted by Gasteiger charge is 2.24. The van der Waals surface area contributed by atoms with E-state index in [0.29, 0.717) is 24.2 Å². The van der Waals surface area contributed by atoms with E-state index >= 15 is 0 Å². The number of fused-ring (bicyclic) bond motifs is 2. The molecule has 0 aliphatic carbocycles. The van der Waals surface area contributed by atoms with Gasteiger partial charge in [-0.3, -0.25) is 9.69 Å². The van der Waals surface area contributed by atoms with Gasteiger partial charge in [-0.05, 0) is 47.0 Å². The Morgan fingerprint density at radius 3 is 2.91 bits per heavy atom. The van der Waals surface area contributed by atoms with Crippen molar-refractivity contribution >= 4 is 28.2 Å². The molecule has 3 heterocycles. The van der Waals surface area contributed by atoms with E-state index in [1.54, 1.807) is 11.3 Å². The number of nitrogens with one attached hydrogen (secondary N) is 1. The number of rotatable bonds is 6. The molecule has 1 N–H and O–H groups in total. The monoisotopic (exact) mass is 474 g/mol. The van der Waals surface area contributed by atoms with Gasteiger partial charge >= 0.3 is 5.63 Å². The first kappa shape index (κ1) is 22.4. The van der Waals surface area contributed by atoms with Crippen molar-refractivity contribution in [3.05, 3.63) is 98.0 Å². The van der Waals surface area contributed by atoms with E-state index in [9.17, 15) is 9.59 Å². The van der Waals surface area contributed by atoms with Gasteiger partial charge in [-0.25, -0.2) is 4.79 Å². The van der Waals surface area contributed by atoms with Crippen LogP contribution in [0.2, 0.25) is 0 Å². The first-order valence-corrected chi connectivity index (χ1v) is 12.3. The van der Waals surface area contributed by atoms with Gasteiger partial charge in [0, 0.05) is 48.8 Å². The predicted octanol–water partition coefficient (Wildman–Crippen LogP) is 4.46. The summed E-state index contributed by atoms with van der Waals surface area (Å²) in [4.78, 5) is 27.0. The number of para-hydroxylation sites is 1. The predicted molar refractivity (Wildman–Crippen MR) is 133 cm³/mol. The van der Waals surface area contributed by atoms with Crippen molar-refractivity contribution < 1.29 is 13.9 Å². The highest BCUT2D eigenvalue weighted by Crippen LogP contribution is 2.31. The van der Waals surface area contributed by atoms with Crippen molar-refractivity contribution in [1.82, 2.24) is 10.2 Å². The minimum atomic E-state index is -0.441. The van der Waals surface area contributed by atoms with E-state index < -0.39 is 5.63 Å². The molecule has 5 rings (SSSR count). The lowest BCUT2D eigenvalue weighted by Gasteiger charge is -2.23. The van der Waals surface area contributed by atoms with E-state index in [2.05, 4.69) is 33.1 Å². The fourth-order valence-corrected chi connectivity index (χ4v) is 5.06. The molecule has 6 nitrogen and oxygen atoms in total. The first-order chi connectivity index (χ1) is 16.5. The third kappa shape index (κ3) is 5.05. The summed E-state index contributed by atoms with van der Waals surface area (Å²) in [6, 6.07) is 17.3. The second-order valence-corrected chi connectivity index (χ2v) is 9.40. The Bertz CT molecular complexity index is 1360. The molecule has 2 aromatic carbocycles. The van der Waals surface area contributed by atoms with Gasteiger partial charge in [0.05, 0.1) is 6.42 Å². The number of carbonyl (C=O) groups excluding carboxylic acids is 1. The van der Waals surface area contributed by atoms with E-state index in [-0.39, 0.29) is 18.4 Å². The second-order valence-electron chi connectivity index (χ2n) is 8.62. The van der Waals surface area contributed by atoms with Crippen molar-refractivity contribution in [3.8, 4) is 5.75 Å². The number of hydrogen-bond acceptors (Lipinski definition) is 6. The van der Waals surface area contributed by atoms with Gasteiger partial charge in [-0.15, -0.1) is 0 Å². The summed E-state index contributed by atoms with van der Waals surface area (Å²) in [5, 5.41) is 8.00. The van der Waals surface area contributed by atoms with Crippen LogP contribution >= 0.6 is 11.3 Å². The van der Waals surface area contributed by atoms with Gasteiger partial charge in [-0.1, -0.05) is 30.3 Å². The maximum absolute atomic E-state index is 12.7. The van der Waals surface area contributed by atoms with Crippen LogP contribution in [0.15, 0.2) is 74.6 Å². The average Bonchev–Trinajstić information content (AvgIpc) is 3.27. The van der Waals surface area contributed by atoms with E-state index in [0.717, 1.165) is 35.4 Å². The van der Waals surface area contributed by atoms with Crippen molar-refractivity contribution in [2.24, 2.45) is 0 Å². The summed E-state index contributed by atoms with van der Waals surface area (Å²) < 4.78 is 11.6. The van der Waals surface area contributed by atoms with Crippen LogP contribution in [0.25, 0.3) is 11.0 Å². The molecule has 174 valence electrons. The molecule has 34 heavy (non-hydrogen) atoms. The summed E-state index contributed by atoms with van der Waals surface area (Å²) in [5.41, 5.74) is 4.06. The number of nitrogens with zero attached hydrogens (tertiary/aromatic N) is 1. The molecule has 7 heteroatoms. The molecule has 0 saturated heterocycles. The number of thiophene rings is 1. The highest BCUT2D eigenvalue weighted by molar-refractivity contribution is 7.07. The van der Waals surface area contributed by atoms with Crippen molar-refractivity contribution in [3.63, 3.8) is 0 Å². The Morgan fingerprint density at radius 1 is 1.18 bits per heavy atom. The second kappa shape index (κ2) is 9.83. The zero-order chi connectivity index (χ0) is 23.5. The van der Waals surface area contributed by atoms with Crippen molar-refractivity contribution in [2.75, 3.05) is 19.6 Å². The molecule has 1 amide bonds. The first-order valence-electron chi connectivity index (χ1n) is 11.3. The van der Waals surface area contributed by atoms with Crippen LogP contribution in [0.4, 0.5) is 0 Å². The summed E-state index contributed by atoms with van der Waals surface area (Å²) in [6.07, 6.45) is 0.0817. The third-order valence-electron chi connectivity index (χ3n) is 6.06. The molecule has 1 aliphatic rings. The number of aryl methyl sites for hydroxylation is 1. The van der Waals surface area contributed by atoms with Gasteiger partial charge in [-0.2, -0.15) is 11.3 Å². The van der Waals surface area contributed by atoms with Gasteiger partial charge in [0.2, 0.25) is 5.91 Å². The lowest BCUT2D eigenvalue weighted by Crippen LogP contribution is -2.37. The Kier molecular flexibility index (Phi) is 6.47. The minimum absolute atomic E-state index is 0.0519. The summed E-state index contributed by atoms with van der Waals surface area (Å²) in [6.45, 7) is 4.65. The van der Waals surface area contributed by atoms with Gasteiger partial charge in [0.1, 0.15) is 17.4 Å². The van der Waals surface area contributed by atoms with Crippen LogP contribution in [-0.4, -0.2) is 30.4 Å². The Balaban J connectivity index is 1.24. The Labute approximate surface area is 201 Å². The highest BCUT2D eigenvalue weighted by atomic mass is 32.1. The molecule has 0 bridgehead atoms. The molecular weight excluding hydrogens is 448 g/mol. The molecule has 0 saturated carbocycles. The Hall–Kier alpha value is -3.42. The van der Waals surface area contributed by atoms with Gasteiger partial charge in [0.25, 0.3) is 0 Å². The quantitative estimate of drug-likeness (QED) is 0.418. The van der Waals surface area contributed by atoms with Crippen molar-refractivity contribution in [2.45, 2.75) is 26.0 Å². The maximum atomic E-state index is 12.7. The molecule has 1 aliphatic heterocycles. The average molecular weight is 475 g/mol. The molecule has 1 atom stereocenters. The normalized spacial score (nSPS) is 16.0. The van der Waals surface area contributed by atoms with Gasteiger partial charge < -0.3 is 14.5 Å². The zero-order valence-corrected chi connectivity index (χ0v) is 19.8. The number of benzene rings is 2. The topological polar surface area (TPSA) is 71.8 Å². The Morgan fingerprint density at radius 2 is 2.06 bits per heavy atom. The van der Waals surface area contributed by atoms with E-state index in [1.165, 1.54) is 11.6 Å². The standard InChI is InChI=1S/C27H26N2O4S/c1-18-6-7-22-21(14-27(31)33-24(22)12-18)13-26(30)28-9-10-29-15-19-4-2-3-5-23(19)32-25(16-29)20-8-11-34-17-20/h2-8,11-12,14,17,25H,9-10,13,15-16H2,1H3,(H,28,30). The number of hydrogen-bond donors (Lipinski definition) is 1. The lowest BCUT2D eigenvalue weighted by molar-refractivity contribution is -0.120. The van der Waals surface area contributed by atoms with E-state index in [1.807, 2.05) is 43.3 Å². The maximum Gasteiger partial charge on any atom is 0.336 e. The SMILES string of the molecule is Cc1ccc2c(CC(=O)NCCN3Cc4ccccc4OC(c4ccsc4)C3)cc(=O)oc2c1.